The molecule has 1 saturated carbocycles. The Morgan fingerprint density at radius 3 is 2.79 bits per heavy atom. The molecular weight excluding hydrogens is 302 g/mol. The van der Waals surface area contributed by atoms with Crippen LogP contribution in [0, 0.1) is 10.8 Å². The fourth-order valence-electron chi connectivity index (χ4n) is 5.06. The van der Waals surface area contributed by atoms with Crippen molar-refractivity contribution in [2.24, 2.45) is 10.8 Å². The maximum atomic E-state index is 11.2. The third-order valence-corrected chi connectivity index (χ3v) is 5.49. The van der Waals surface area contributed by atoms with Crippen molar-refractivity contribution in [3.8, 4) is 5.75 Å². The first-order chi connectivity index (χ1) is 11.3. The van der Waals surface area contributed by atoms with Crippen LogP contribution in [-0.2, 0) is 0 Å². The molecule has 1 saturated heterocycles. The number of aromatic carboxylic acids is 1. The molecule has 2 fully saturated rings. The fourth-order valence-corrected chi connectivity index (χ4v) is 5.06. The molecule has 1 aliphatic heterocycles. The van der Waals surface area contributed by atoms with E-state index in [1.165, 1.54) is 25.8 Å². The third-order valence-electron chi connectivity index (χ3n) is 5.49. The topological polar surface area (TPSA) is 49.8 Å². The number of rotatable bonds is 6. The van der Waals surface area contributed by atoms with Crippen LogP contribution in [0.4, 0.5) is 0 Å². The van der Waals surface area contributed by atoms with Crippen LogP contribution < -0.4 is 4.74 Å². The summed E-state index contributed by atoms with van der Waals surface area (Å²) < 4.78 is 5.73. The molecule has 2 aliphatic rings. The van der Waals surface area contributed by atoms with Gasteiger partial charge < -0.3 is 9.84 Å². The molecule has 0 radical (unpaired) electrons. The van der Waals surface area contributed by atoms with Gasteiger partial charge in [0.15, 0.2) is 0 Å². The second-order valence-corrected chi connectivity index (χ2v) is 8.69. The van der Waals surface area contributed by atoms with E-state index in [1.54, 1.807) is 18.2 Å². The molecule has 1 heterocycles. The van der Waals surface area contributed by atoms with Crippen LogP contribution in [0.25, 0.3) is 0 Å². The minimum atomic E-state index is -0.936. The van der Waals surface area contributed by atoms with Crippen molar-refractivity contribution < 1.29 is 14.6 Å². The predicted molar refractivity (Wildman–Crippen MR) is 94.6 cm³/mol. The van der Waals surface area contributed by atoms with Crippen LogP contribution in [-0.4, -0.2) is 41.7 Å². The fraction of sp³-hybridized carbons (Fsp3) is 0.650. The molecule has 4 heteroatoms. The van der Waals surface area contributed by atoms with Gasteiger partial charge in [-0.15, -0.1) is 0 Å². The summed E-state index contributed by atoms with van der Waals surface area (Å²) in [6.45, 7) is 10.0. The Hall–Kier alpha value is -1.55. The molecule has 2 bridgehead atoms. The van der Waals surface area contributed by atoms with Crippen molar-refractivity contribution in [1.82, 2.24) is 4.90 Å². The Balaban J connectivity index is 1.51. The summed E-state index contributed by atoms with van der Waals surface area (Å²) >= 11 is 0. The number of hydrogen-bond donors (Lipinski definition) is 1. The average Bonchev–Trinajstić information content (AvgIpc) is 2.72. The van der Waals surface area contributed by atoms with E-state index in [9.17, 15) is 9.90 Å². The van der Waals surface area contributed by atoms with Crippen LogP contribution in [0.2, 0.25) is 0 Å². The molecule has 3 rings (SSSR count). The zero-order chi connectivity index (χ0) is 17.4. The van der Waals surface area contributed by atoms with Gasteiger partial charge in [-0.3, -0.25) is 4.90 Å². The molecule has 1 aromatic carbocycles. The normalized spacial score (nSPS) is 28.7. The standard InChI is InChI=1S/C20H29NO3/c1-19(2)11-15-12-20(3,13-19)14-21(15)9-6-10-24-17-8-5-4-7-16(17)18(22)23/h4-5,7-8,15H,6,9-14H2,1-3H3,(H,22,23). The zero-order valence-electron chi connectivity index (χ0n) is 15.0. The van der Waals surface area contributed by atoms with Gasteiger partial charge in [-0.1, -0.05) is 32.9 Å². The third kappa shape index (κ3) is 3.75. The summed E-state index contributed by atoms with van der Waals surface area (Å²) in [5.74, 6) is -0.465. The SMILES string of the molecule is CC1(C)CC2CC(C)(CN2CCCOc2ccccc2C(=O)O)C1. The van der Waals surface area contributed by atoms with Gasteiger partial charge in [0.1, 0.15) is 11.3 Å². The molecule has 24 heavy (non-hydrogen) atoms. The lowest BCUT2D eigenvalue weighted by molar-refractivity contribution is 0.0692. The number of carboxylic acid groups (broad SMARTS) is 1. The maximum absolute atomic E-state index is 11.2. The number of benzene rings is 1. The number of ether oxygens (including phenoxy) is 1. The molecular formula is C20H29NO3. The van der Waals surface area contributed by atoms with Crippen molar-refractivity contribution in [3.63, 3.8) is 0 Å². The second kappa shape index (κ2) is 6.40. The molecule has 0 spiro atoms. The number of likely N-dealkylation sites (tertiary alicyclic amines) is 1. The summed E-state index contributed by atoms with van der Waals surface area (Å²) in [6, 6.07) is 7.56. The number of nitrogens with zero attached hydrogens (tertiary/aromatic N) is 1. The first-order valence-corrected chi connectivity index (χ1v) is 8.97. The van der Waals surface area contributed by atoms with E-state index in [0.29, 0.717) is 29.2 Å². The number of fused-ring (bicyclic) bond motifs is 2. The molecule has 2 atom stereocenters. The smallest absolute Gasteiger partial charge is 0.339 e. The van der Waals surface area contributed by atoms with Crippen molar-refractivity contribution in [2.45, 2.75) is 52.5 Å². The van der Waals surface area contributed by atoms with Crippen molar-refractivity contribution >= 4 is 5.97 Å². The molecule has 0 aromatic heterocycles. The van der Waals surface area contributed by atoms with Gasteiger partial charge in [-0.25, -0.2) is 4.79 Å². The van der Waals surface area contributed by atoms with Gasteiger partial charge in [0, 0.05) is 19.1 Å². The lowest BCUT2D eigenvalue weighted by Gasteiger charge is -2.40. The van der Waals surface area contributed by atoms with Crippen LogP contribution >= 0.6 is 0 Å². The summed E-state index contributed by atoms with van der Waals surface area (Å²) in [5, 5.41) is 9.19. The highest BCUT2D eigenvalue weighted by Gasteiger charge is 2.49. The monoisotopic (exact) mass is 331 g/mol. The van der Waals surface area contributed by atoms with Crippen LogP contribution in [0.15, 0.2) is 24.3 Å². The molecule has 1 aromatic rings. The van der Waals surface area contributed by atoms with Crippen molar-refractivity contribution in [2.75, 3.05) is 19.7 Å². The van der Waals surface area contributed by atoms with Gasteiger partial charge in [-0.05, 0) is 48.6 Å². The largest absolute Gasteiger partial charge is 0.493 e. The van der Waals surface area contributed by atoms with E-state index < -0.39 is 5.97 Å². The summed E-state index contributed by atoms with van der Waals surface area (Å²) in [4.78, 5) is 13.8. The minimum absolute atomic E-state index is 0.240. The molecule has 1 N–H and O–H groups in total. The first kappa shape index (κ1) is 17.3. The van der Waals surface area contributed by atoms with E-state index in [2.05, 4.69) is 25.7 Å². The predicted octanol–water partition coefficient (Wildman–Crippen LogP) is 4.05. The molecule has 2 unspecified atom stereocenters. The Kier molecular flexibility index (Phi) is 4.60. The number of para-hydroxylation sites is 1. The Morgan fingerprint density at radius 2 is 2.04 bits per heavy atom. The highest BCUT2D eigenvalue weighted by molar-refractivity contribution is 5.90. The summed E-state index contributed by atoms with van der Waals surface area (Å²) in [5.41, 5.74) is 1.15. The van der Waals surface area contributed by atoms with E-state index in [4.69, 9.17) is 4.74 Å². The van der Waals surface area contributed by atoms with Gasteiger partial charge in [0.05, 0.1) is 6.61 Å². The number of carbonyl (C=O) groups is 1. The minimum Gasteiger partial charge on any atom is -0.493 e. The van der Waals surface area contributed by atoms with Gasteiger partial charge >= 0.3 is 5.97 Å². The first-order valence-electron chi connectivity index (χ1n) is 8.97. The highest BCUT2D eigenvalue weighted by Crippen LogP contribution is 2.52. The lowest BCUT2D eigenvalue weighted by atomic mass is 9.65. The zero-order valence-corrected chi connectivity index (χ0v) is 15.0. The molecule has 4 nitrogen and oxygen atoms in total. The molecule has 1 aliphatic carbocycles. The van der Waals surface area contributed by atoms with E-state index in [-0.39, 0.29) is 5.56 Å². The molecule has 132 valence electrons. The van der Waals surface area contributed by atoms with E-state index in [0.717, 1.165) is 13.0 Å². The Morgan fingerprint density at radius 1 is 1.29 bits per heavy atom. The van der Waals surface area contributed by atoms with Gasteiger partial charge in [0.25, 0.3) is 0 Å². The van der Waals surface area contributed by atoms with Gasteiger partial charge in [-0.2, -0.15) is 0 Å². The van der Waals surface area contributed by atoms with Crippen LogP contribution in [0.3, 0.4) is 0 Å². The Bertz CT molecular complexity index is 613. The van der Waals surface area contributed by atoms with Crippen LogP contribution in [0.1, 0.15) is 56.8 Å². The van der Waals surface area contributed by atoms with Crippen LogP contribution in [0.5, 0.6) is 5.75 Å². The number of hydrogen-bond acceptors (Lipinski definition) is 3. The van der Waals surface area contributed by atoms with Crippen molar-refractivity contribution in [1.29, 1.82) is 0 Å². The van der Waals surface area contributed by atoms with Crippen molar-refractivity contribution in [3.05, 3.63) is 29.8 Å². The second-order valence-electron chi connectivity index (χ2n) is 8.69. The summed E-state index contributed by atoms with van der Waals surface area (Å²) in [6.07, 6.45) is 4.85. The quantitative estimate of drug-likeness (QED) is 0.799. The average molecular weight is 331 g/mol. The highest BCUT2D eigenvalue weighted by atomic mass is 16.5. The lowest BCUT2D eigenvalue weighted by Crippen LogP contribution is -2.35. The van der Waals surface area contributed by atoms with Gasteiger partial charge in [0.2, 0.25) is 0 Å². The summed E-state index contributed by atoms with van der Waals surface area (Å²) in [7, 11) is 0. The molecule has 0 amide bonds. The Labute approximate surface area is 144 Å². The van der Waals surface area contributed by atoms with E-state index >= 15 is 0 Å². The van der Waals surface area contributed by atoms with E-state index in [1.807, 2.05) is 6.07 Å². The maximum Gasteiger partial charge on any atom is 0.339 e. The number of carboxylic acids is 1.